The van der Waals surface area contributed by atoms with E-state index in [1.165, 1.54) is 0 Å². The van der Waals surface area contributed by atoms with Crippen molar-refractivity contribution in [1.82, 2.24) is 15.0 Å². The van der Waals surface area contributed by atoms with Crippen LogP contribution in [0.25, 0.3) is 22.3 Å². The Kier molecular flexibility index (Phi) is 5.23. The summed E-state index contributed by atoms with van der Waals surface area (Å²) in [6.07, 6.45) is 0.687. The standard InChI is InChI=1S/C23H22BN5O4/c1-12-18(15-6-3-7-16(20(25)30)19(15)27-12)22-28-21(17-8-9-33-23(17)29-22)26-11-13-4-2-5-14(10-13)24(31)32/h2-7,10,27,31-32H,8-9,11H2,1H3,(H2,25,30)(H,26,28,29). The van der Waals surface area contributed by atoms with Crippen LogP contribution in [-0.4, -0.2) is 44.6 Å². The molecule has 0 aliphatic carbocycles. The molecule has 0 atom stereocenters. The van der Waals surface area contributed by atoms with E-state index < -0.39 is 13.0 Å². The molecule has 4 aromatic rings. The number of primary amides is 1. The molecule has 33 heavy (non-hydrogen) atoms. The molecule has 166 valence electrons. The summed E-state index contributed by atoms with van der Waals surface area (Å²) in [5, 5.41) is 23.0. The molecule has 2 aromatic heterocycles. The number of hydrogen-bond donors (Lipinski definition) is 5. The van der Waals surface area contributed by atoms with Crippen LogP contribution >= 0.6 is 0 Å². The van der Waals surface area contributed by atoms with Gasteiger partial charge in [0, 0.05) is 29.6 Å². The Morgan fingerprint density at radius 1 is 1.24 bits per heavy atom. The molecule has 2 aromatic carbocycles. The summed E-state index contributed by atoms with van der Waals surface area (Å²) >= 11 is 0. The molecule has 0 spiro atoms. The largest absolute Gasteiger partial charge is 0.488 e. The van der Waals surface area contributed by atoms with Crippen molar-refractivity contribution in [2.75, 3.05) is 11.9 Å². The first-order chi connectivity index (χ1) is 15.9. The van der Waals surface area contributed by atoms with Gasteiger partial charge in [-0.2, -0.15) is 4.98 Å². The van der Waals surface area contributed by atoms with E-state index in [9.17, 15) is 14.8 Å². The van der Waals surface area contributed by atoms with Crippen molar-refractivity contribution >= 4 is 35.2 Å². The van der Waals surface area contributed by atoms with Gasteiger partial charge in [-0.05, 0) is 24.0 Å². The van der Waals surface area contributed by atoms with Gasteiger partial charge in [-0.1, -0.05) is 36.4 Å². The van der Waals surface area contributed by atoms with Gasteiger partial charge in [-0.25, -0.2) is 4.98 Å². The number of nitrogens with two attached hydrogens (primary N) is 1. The molecule has 0 bridgehead atoms. The van der Waals surface area contributed by atoms with Gasteiger partial charge in [0.15, 0.2) is 5.82 Å². The quantitative estimate of drug-likeness (QED) is 0.282. The highest BCUT2D eigenvalue weighted by molar-refractivity contribution is 6.58. The Bertz CT molecular complexity index is 1390. The molecule has 0 radical (unpaired) electrons. The van der Waals surface area contributed by atoms with Crippen LogP contribution in [0.4, 0.5) is 5.82 Å². The molecule has 3 heterocycles. The first-order valence-electron chi connectivity index (χ1n) is 10.6. The minimum Gasteiger partial charge on any atom is -0.477 e. The number of aromatic nitrogens is 3. The topological polar surface area (TPSA) is 146 Å². The molecule has 0 saturated carbocycles. The average molecular weight is 443 g/mol. The summed E-state index contributed by atoms with van der Waals surface area (Å²) in [6.45, 7) is 2.85. The van der Waals surface area contributed by atoms with Crippen LogP contribution in [0, 0.1) is 6.92 Å². The fourth-order valence-corrected chi connectivity index (χ4v) is 4.21. The zero-order chi connectivity index (χ0) is 23.1. The molecular formula is C23H22BN5O4. The fourth-order valence-electron chi connectivity index (χ4n) is 4.21. The van der Waals surface area contributed by atoms with E-state index >= 15 is 0 Å². The third kappa shape index (κ3) is 3.79. The van der Waals surface area contributed by atoms with E-state index in [4.69, 9.17) is 15.5 Å². The molecule has 0 fully saturated rings. The fraction of sp³-hybridized carbons (Fsp3) is 0.174. The number of fused-ring (bicyclic) bond motifs is 2. The van der Waals surface area contributed by atoms with Crippen LogP contribution in [0.15, 0.2) is 42.5 Å². The first-order valence-corrected chi connectivity index (χ1v) is 10.6. The molecule has 1 amide bonds. The van der Waals surface area contributed by atoms with E-state index in [-0.39, 0.29) is 0 Å². The van der Waals surface area contributed by atoms with Gasteiger partial charge >= 0.3 is 7.12 Å². The smallest absolute Gasteiger partial charge is 0.477 e. The number of rotatable bonds is 6. The highest BCUT2D eigenvalue weighted by Gasteiger charge is 2.24. The minimum atomic E-state index is -1.52. The maximum atomic E-state index is 11.9. The maximum absolute atomic E-state index is 11.9. The molecule has 1 aliphatic rings. The number of hydrogen-bond acceptors (Lipinski definition) is 7. The van der Waals surface area contributed by atoms with Crippen molar-refractivity contribution in [3.8, 4) is 17.3 Å². The minimum absolute atomic E-state index is 0.406. The SMILES string of the molecule is Cc1[nH]c2c(C(N)=O)cccc2c1-c1nc(NCc2cccc(B(O)O)c2)c2c(n1)OCC2. The van der Waals surface area contributed by atoms with Crippen LogP contribution < -0.4 is 21.3 Å². The zero-order valence-electron chi connectivity index (χ0n) is 17.9. The monoisotopic (exact) mass is 443 g/mol. The second-order valence-electron chi connectivity index (χ2n) is 7.97. The predicted octanol–water partition coefficient (Wildman–Crippen LogP) is 1.26. The number of nitrogens with one attached hydrogen (secondary N) is 2. The van der Waals surface area contributed by atoms with Gasteiger partial charge in [-0.3, -0.25) is 4.79 Å². The summed E-state index contributed by atoms with van der Waals surface area (Å²) in [6, 6.07) is 12.4. The van der Waals surface area contributed by atoms with Crippen LogP contribution in [-0.2, 0) is 13.0 Å². The molecule has 5 rings (SSSR count). The Morgan fingerprint density at radius 3 is 2.85 bits per heavy atom. The summed E-state index contributed by atoms with van der Waals surface area (Å²) in [7, 11) is -1.52. The van der Waals surface area contributed by atoms with E-state index in [1.54, 1.807) is 30.3 Å². The van der Waals surface area contributed by atoms with Crippen molar-refractivity contribution in [3.63, 3.8) is 0 Å². The van der Waals surface area contributed by atoms with Crippen molar-refractivity contribution in [2.45, 2.75) is 19.9 Å². The number of para-hydroxylation sites is 1. The number of aromatic amines is 1. The number of H-pyrrole nitrogens is 1. The van der Waals surface area contributed by atoms with Crippen LogP contribution in [0.5, 0.6) is 5.88 Å². The highest BCUT2D eigenvalue weighted by atomic mass is 16.5. The van der Waals surface area contributed by atoms with E-state index in [2.05, 4.69) is 15.3 Å². The van der Waals surface area contributed by atoms with E-state index in [1.807, 2.05) is 19.1 Å². The van der Waals surface area contributed by atoms with Crippen LogP contribution in [0.2, 0.25) is 0 Å². The van der Waals surface area contributed by atoms with Gasteiger partial charge in [0.25, 0.3) is 5.91 Å². The highest BCUT2D eigenvalue weighted by Crippen LogP contribution is 2.36. The number of nitrogens with zero attached hydrogens (tertiary/aromatic N) is 2. The van der Waals surface area contributed by atoms with Gasteiger partial charge in [0.2, 0.25) is 5.88 Å². The first kappa shape index (κ1) is 21.0. The molecule has 10 heteroatoms. The van der Waals surface area contributed by atoms with Crippen molar-refractivity contribution < 1.29 is 19.6 Å². The lowest BCUT2D eigenvalue weighted by Crippen LogP contribution is -2.30. The number of carbonyl (C=O) groups is 1. The number of amides is 1. The molecule has 9 nitrogen and oxygen atoms in total. The summed E-state index contributed by atoms with van der Waals surface area (Å²) in [4.78, 5) is 24.6. The molecule has 0 saturated heterocycles. The third-order valence-electron chi connectivity index (χ3n) is 5.78. The number of aryl methyl sites for hydroxylation is 1. The Morgan fingerprint density at radius 2 is 2.06 bits per heavy atom. The molecule has 0 unspecified atom stereocenters. The predicted molar refractivity (Wildman–Crippen MR) is 125 cm³/mol. The van der Waals surface area contributed by atoms with Gasteiger partial charge in [0.05, 0.1) is 23.3 Å². The van der Waals surface area contributed by atoms with Crippen LogP contribution in [0.3, 0.4) is 0 Å². The Balaban J connectivity index is 1.56. The van der Waals surface area contributed by atoms with E-state index in [0.29, 0.717) is 53.6 Å². The normalized spacial score (nSPS) is 12.5. The van der Waals surface area contributed by atoms with Crippen molar-refractivity contribution in [1.29, 1.82) is 0 Å². The molecule has 6 N–H and O–H groups in total. The molecular weight excluding hydrogens is 421 g/mol. The van der Waals surface area contributed by atoms with Gasteiger partial charge in [-0.15, -0.1) is 0 Å². The number of benzene rings is 2. The second-order valence-corrected chi connectivity index (χ2v) is 7.97. The van der Waals surface area contributed by atoms with E-state index in [0.717, 1.165) is 27.8 Å². The Hall–Kier alpha value is -3.89. The summed E-state index contributed by atoms with van der Waals surface area (Å²) < 4.78 is 5.75. The summed E-state index contributed by atoms with van der Waals surface area (Å²) in [5.41, 5.74) is 10.4. The maximum Gasteiger partial charge on any atom is 0.488 e. The average Bonchev–Trinajstić information content (AvgIpc) is 3.40. The van der Waals surface area contributed by atoms with Crippen molar-refractivity contribution in [3.05, 3.63) is 64.8 Å². The lowest BCUT2D eigenvalue weighted by Gasteiger charge is -2.12. The zero-order valence-corrected chi connectivity index (χ0v) is 17.9. The van der Waals surface area contributed by atoms with Crippen molar-refractivity contribution in [2.24, 2.45) is 5.73 Å². The van der Waals surface area contributed by atoms with Crippen LogP contribution in [0.1, 0.15) is 27.2 Å². The third-order valence-corrected chi connectivity index (χ3v) is 5.78. The number of anilines is 1. The lowest BCUT2D eigenvalue weighted by molar-refractivity contribution is 0.100. The second kappa shape index (κ2) is 8.23. The molecule has 1 aliphatic heterocycles. The Labute approximate surface area is 189 Å². The number of ether oxygens (including phenoxy) is 1. The van der Waals surface area contributed by atoms with Gasteiger partial charge in [0.1, 0.15) is 5.82 Å². The summed E-state index contributed by atoms with van der Waals surface area (Å²) in [5.74, 6) is 1.15. The number of carbonyl (C=O) groups excluding carboxylic acids is 1. The van der Waals surface area contributed by atoms with Gasteiger partial charge < -0.3 is 30.8 Å². The lowest BCUT2D eigenvalue weighted by atomic mass is 9.79.